The second-order valence-corrected chi connectivity index (χ2v) is 6.15. The SMILES string of the molecule is Cc1c(C(=O)O)cccc1S(=O)c1cccc(C(=O)O)c1C. The van der Waals surface area contributed by atoms with E-state index in [0.29, 0.717) is 20.9 Å². The molecule has 0 saturated heterocycles. The molecule has 22 heavy (non-hydrogen) atoms. The molecular weight excluding hydrogens is 304 g/mol. The van der Waals surface area contributed by atoms with Crippen LogP contribution in [0.5, 0.6) is 0 Å². The third kappa shape index (κ3) is 2.78. The van der Waals surface area contributed by atoms with Crippen molar-refractivity contribution < 1.29 is 24.0 Å². The van der Waals surface area contributed by atoms with E-state index in [1.807, 2.05) is 0 Å². The lowest BCUT2D eigenvalue weighted by Gasteiger charge is -2.11. The Morgan fingerprint density at radius 2 is 1.18 bits per heavy atom. The van der Waals surface area contributed by atoms with E-state index >= 15 is 0 Å². The topological polar surface area (TPSA) is 91.7 Å². The first kappa shape index (κ1) is 15.9. The standard InChI is InChI=1S/C16H14O5S/c1-9-11(15(17)18)5-3-7-13(9)22(21)14-8-4-6-12(10(14)2)16(19)20/h3-8H,1-2H3,(H,17,18)(H,19,20). The molecule has 0 fully saturated rings. The van der Waals surface area contributed by atoms with Crippen LogP contribution >= 0.6 is 0 Å². The maximum absolute atomic E-state index is 12.8. The number of hydrogen-bond donors (Lipinski definition) is 2. The molecule has 0 aliphatic carbocycles. The van der Waals surface area contributed by atoms with E-state index in [-0.39, 0.29) is 11.1 Å². The fourth-order valence-electron chi connectivity index (χ4n) is 2.21. The third-order valence-corrected chi connectivity index (χ3v) is 5.11. The Labute approximate surface area is 129 Å². The van der Waals surface area contributed by atoms with E-state index in [2.05, 4.69) is 0 Å². The molecule has 0 amide bonds. The minimum absolute atomic E-state index is 0.0814. The number of aromatic carboxylic acids is 2. The van der Waals surface area contributed by atoms with Crippen LogP contribution in [0.25, 0.3) is 0 Å². The van der Waals surface area contributed by atoms with Gasteiger partial charge in [-0.1, -0.05) is 12.1 Å². The minimum Gasteiger partial charge on any atom is -0.478 e. The molecule has 0 saturated carbocycles. The van der Waals surface area contributed by atoms with Crippen LogP contribution in [0.4, 0.5) is 0 Å². The first-order valence-electron chi connectivity index (χ1n) is 6.42. The van der Waals surface area contributed by atoms with E-state index in [0.717, 1.165) is 0 Å². The highest BCUT2D eigenvalue weighted by molar-refractivity contribution is 7.85. The van der Waals surface area contributed by atoms with Gasteiger partial charge in [-0.05, 0) is 49.2 Å². The maximum Gasteiger partial charge on any atom is 0.335 e. The van der Waals surface area contributed by atoms with Gasteiger partial charge in [0.2, 0.25) is 0 Å². The second kappa shape index (κ2) is 6.11. The molecule has 0 aromatic heterocycles. The average molecular weight is 318 g/mol. The Balaban J connectivity index is 2.59. The van der Waals surface area contributed by atoms with E-state index < -0.39 is 22.7 Å². The van der Waals surface area contributed by atoms with Gasteiger partial charge in [-0.25, -0.2) is 13.8 Å². The summed E-state index contributed by atoms with van der Waals surface area (Å²) < 4.78 is 12.8. The zero-order valence-corrected chi connectivity index (χ0v) is 12.8. The number of carboxylic acids is 2. The fraction of sp³-hybridized carbons (Fsp3) is 0.125. The van der Waals surface area contributed by atoms with Gasteiger partial charge in [-0.3, -0.25) is 0 Å². The van der Waals surface area contributed by atoms with Gasteiger partial charge in [0.25, 0.3) is 0 Å². The van der Waals surface area contributed by atoms with Crippen LogP contribution in [0.15, 0.2) is 46.2 Å². The molecule has 5 nitrogen and oxygen atoms in total. The van der Waals surface area contributed by atoms with Crippen LogP contribution < -0.4 is 0 Å². The van der Waals surface area contributed by atoms with Crippen molar-refractivity contribution in [2.24, 2.45) is 0 Å². The lowest BCUT2D eigenvalue weighted by atomic mass is 10.1. The molecule has 2 N–H and O–H groups in total. The van der Waals surface area contributed by atoms with Gasteiger partial charge in [0.1, 0.15) is 0 Å². The minimum atomic E-state index is -1.65. The summed E-state index contributed by atoms with van der Waals surface area (Å²) in [6, 6.07) is 9.12. The number of carboxylic acid groups (broad SMARTS) is 2. The Bertz CT molecular complexity index is 730. The van der Waals surface area contributed by atoms with Crippen molar-refractivity contribution in [1.29, 1.82) is 0 Å². The van der Waals surface area contributed by atoms with Crippen LogP contribution in [0, 0.1) is 13.8 Å². The van der Waals surface area contributed by atoms with Crippen molar-refractivity contribution in [2.75, 3.05) is 0 Å². The van der Waals surface area contributed by atoms with Crippen molar-refractivity contribution >= 4 is 22.7 Å². The van der Waals surface area contributed by atoms with Crippen molar-refractivity contribution in [3.05, 3.63) is 58.7 Å². The molecule has 114 valence electrons. The van der Waals surface area contributed by atoms with Crippen molar-refractivity contribution in [1.82, 2.24) is 0 Å². The number of benzene rings is 2. The van der Waals surface area contributed by atoms with E-state index in [1.165, 1.54) is 24.3 Å². The van der Waals surface area contributed by atoms with Crippen LogP contribution in [-0.4, -0.2) is 26.4 Å². The normalized spacial score (nSPS) is 10.7. The maximum atomic E-state index is 12.8. The summed E-state index contributed by atoms with van der Waals surface area (Å²) in [7, 11) is -1.65. The zero-order chi connectivity index (χ0) is 16.4. The van der Waals surface area contributed by atoms with Gasteiger partial charge in [-0.2, -0.15) is 0 Å². The van der Waals surface area contributed by atoms with Crippen molar-refractivity contribution in [3.8, 4) is 0 Å². The lowest BCUT2D eigenvalue weighted by Crippen LogP contribution is -2.07. The zero-order valence-electron chi connectivity index (χ0n) is 12.0. The van der Waals surface area contributed by atoms with Crippen molar-refractivity contribution in [3.63, 3.8) is 0 Å². The van der Waals surface area contributed by atoms with Gasteiger partial charge >= 0.3 is 11.9 Å². The molecule has 0 radical (unpaired) electrons. The number of rotatable bonds is 4. The summed E-state index contributed by atoms with van der Waals surface area (Å²) in [4.78, 5) is 23.1. The average Bonchev–Trinajstić information content (AvgIpc) is 2.46. The number of hydrogen-bond acceptors (Lipinski definition) is 3. The molecule has 0 heterocycles. The fourth-order valence-corrected chi connectivity index (χ4v) is 3.63. The molecule has 2 aromatic rings. The van der Waals surface area contributed by atoms with Gasteiger partial charge < -0.3 is 10.2 Å². The molecule has 0 bridgehead atoms. The third-order valence-electron chi connectivity index (χ3n) is 3.43. The predicted octanol–water partition coefficient (Wildman–Crippen LogP) is 2.87. The van der Waals surface area contributed by atoms with Crippen LogP contribution in [0.3, 0.4) is 0 Å². The van der Waals surface area contributed by atoms with Gasteiger partial charge in [0.05, 0.1) is 21.9 Å². The van der Waals surface area contributed by atoms with Gasteiger partial charge in [0.15, 0.2) is 0 Å². The Hall–Kier alpha value is -2.47. The summed E-state index contributed by atoms with van der Waals surface area (Å²) >= 11 is 0. The Morgan fingerprint density at radius 3 is 1.50 bits per heavy atom. The largest absolute Gasteiger partial charge is 0.478 e. The summed E-state index contributed by atoms with van der Waals surface area (Å²) in [5.74, 6) is -2.18. The smallest absolute Gasteiger partial charge is 0.335 e. The molecule has 2 aromatic carbocycles. The Morgan fingerprint density at radius 1 is 0.818 bits per heavy atom. The lowest BCUT2D eigenvalue weighted by molar-refractivity contribution is 0.0685. The quantitative estimate of drug-likeness (QED) is 0.904. The molecule has 6 heteroatoms. The van der Waals surface area contributed by atoms with E-state index in [1.54, 1.807) is 26.0 Å². The summed E-state index contributed by atoms with van der Waals surface area (Å²) in [5, 5.41) is 18.3. The Kier molecular flexibility index (Phi) is 4.42. The monoisotopic (exact) mass is 318 g/mol. The molecule has 0 aliphatic rings. The highest BCUT2D eigenvalue weighted by atomic mass is 32.2. The van der Waals surface area contributed by atoms with Gasteiger partial charge in [0, 0.05) is 9.79 Å². The molecule has 0 unspecified atom stereocenters. The molecule has 0 aliphatic heterocycles. The predicted molar refractivity (Wildman–Crippen MR) is 81.0 cm³/mol. The summed E-state index contributed by atoms with van der Waals surface area (Å²) in [6.45, 7) is 3.18. The highest BCUT2D eigenvalue weighted by Gasteiger charge is 2.19. The molecule has 0 atom stereocenters. The van der Waals surface area contributed by atoms with Crippen LogP contribution in [0.2, 0.25) is 0 Å². The molecule has 2 rings (SSSR count). The van der Waals surface area contributed by atoms with Crippen LogP contribution in [0.1, 0.15) is 31.8 Å². The first-order chi connectivity index (χ1) is 10.3. The number of carbonyl (C=O) groups is 2. The first-order valence-corrected chi connectivity index (χ1v) is 7.57. The van der Waals surface area contributed by atoms with Gasteiger partial charge in [-0.15, -0.1) is 0 Å². The van der Waals surface area contributed by atoms with Crippen LogP contribution in [-0.2, 0) is 10.8 Å². The van der Waals surface area contributed by atoms with E-state index in [4.69, 9.17) is 10.2 Å². The second-order valence-electron chi connectivity index (χ2n) is 4.74. The molecular formula is C16H14O5S. The van der Waals surface area contributed by atoms with Crippen molar-refractivity contribution in [2.45, 2.75) is 23.6 Å². The summed E-state index contributed by atoms with van der Waals surface area (Å²) in [6.07, 6.45) is 0. The molecule has 0 spiro atoms. The van der Waals surface area contributed by atoms with E-state index in [9.17, 15) is 13.8 Å². The highest BCUT2D eigenvalue weighted by Crippen LogP contribution is 2.26. The summed E-state index contributed by atoms with van der Waals surface area (Å²) in [5.41, 5.74) is 0.984.